The van der Waals surface area contributed by atoms with Crippen LogP contribution >= 0.6 is 0 Å². The Kier molecular flexibility index (Phi) is 4.13. The molecule has 0 atom stereocenters. The topological polar surface area (TPSA) is 47.8 Å². The maximum Gasteiger partial charge on any atom is 0.270 e. The number of rotatable bonds is 5. The predicted octanol–water partition coefficient (Wildman–Crippen LogP) is 4.19. The number of benzene rings is 1. The van der Waals surface area contributed by atoms with Crippen LogP contribution in [0.1, 0.15) is 25.8 Å². The molecule has 4 nitrogen and oxygen atoms in total. The molecule has 0 spiro atoms. The molecule has 1 aromatic carbocycles. The van der Waals surface area contributed by atoms with E-state index in [0.29, 0.717) is 28.6 Å². The van der Waals surface area contributed by atoms with Crippen LogP contribution < -0.4 is 0 Å². The van der Waals surface area contributed by atoms with Crippen molar-refractivity contribution in [1.29, 1.82) is 0 Å². The number of fused-ring (bicyclic) bond motifs is 1. The summed E-state index contributed by atoms with van der Waals surface area (Å²) >= 11 is 0. The Bertz CT molecular complexity index is 897. The third-order valence-corrected chi connectivity index (χ3v) is 3.92. The average Bonchev–Trinajstić information content (AvgIpc) is 2.96. The van der Waals surface area contributed by atoms with Gasteiger partial charge in [0.25, 0.3) is 5.92 Å². The number of carbonyl (C=O) groups excluding carboxylic acids is 1. The van der Waals surface area contributed by atoms with Crippen LogP contribution in [0.3, 0.4) is 0 Å². The number of carbonyl (C=O) groups is 1. The van der Waals surface area contributed by atoms with Gasteiger partial charge >= 0.3 is 0 Å². The molecule has 0 amide bonds. The standard InChI is InChI=1S/C18H17F2N3O/c1-3-15(24)11-23-17-8-13(9-21-16(17)10-22-23)12-5-4-6-14(7-12)18(2,19)20/h4-10H,3,11H2,1-2H3. The third kappa shape index (κ3) is 3.18. The van der Waals surface area contributed by atoms with Gasteiger partial charge in [0.2, 0.25) is 0 Å². The normalized spacial score (nSPS) is 11.8. The van der Waals surface area contributed by atoms with Crippen molar-refractivity contribution in [1.82, 2.24) is 14.8 Å². The second kappa shape index (κ2) is 6.11. The van der Waals surface area contributed by atoms with E-state index in [1.165, 1.54) is 12.1 Å². The Labute approximate surface area is 138 Å². The fourth-order valence-corrected chi connectivity index (χ4v) is 2.49. The van der Waals surface area contributed by atoms with Gasteiger partial charge in [-0.3, -0.25) is 14.5 Å². The van der Waals surface area contributed by atoms with Crippen LogP contribution in [-0.4, -0.2) is 20.5 Å². The molecule has 2 heterocycles. The molecule has 0 fully saturated rings. The lowest BCUT2D eigenvalue weighted by Crippen LogP contribution is -2.09. The fourth-order valence-electron chi connectivity index (χ4n) is 2.49. The lowest BCUT2D eigenvalue weighted by Gasteiger charge is -2.12. The van der Waals surface area contributed by atoms with Crippen molar-refractivity contribution in [3.8, 4) is 11.1 Å². The number of hydrogen-bond donors (Lipinski definition) is 0. The van der Waals surface area contributed by atoms with Crippen LogP contribution in [0.25, 0.3) is 22.2 Å². The molecule has 0 saturated carbocycles. The highest BCUT2D eigenvalue weighted by Crippen LogP contribution is 2.31. The second-order valence-corrected chi connectivity index (χ2v) is 5.79. The van der Waals surface area contributed by atoms with Gasteiger partial charge in [-0.1, -0.05) is 25.1 Å². The number of ketones is 1. The molecule has 3 rings (SSSR count). The Morgan fingerprint density at radius 2 is 2.00 bits per heavy atom. The summed E-state index contributed by atoms with van der Waals surface area (Å²) < 4.78 is 28.7. The maximum atomic E-state index is 13.5. The van der Waals surface area contributed by atoms with E-state index in [1.54, 1.807) is 36.1 Å². The van der Waals surface area contributed by atoms with Gasteiger partial charge in [-0.25, -0.2) is 8.78 Å². The van der Waals surface area contributed by atoms with Crippen molar-refractivity contribution in [2.75, 3.05) is 0 Å². The molecule has 0 aliphatic rings. The Balaban J connectivity index is 2.04. The molecule has 124 valence electrons. The molecule has 0 radical (unpaired) electrons. The molecule has 0 bridgehead atoms. The first-order valence-electron chi connectivity index (χ1n) is 7.70. The lowest BCUT2D eigenvalue weighted by atomic mass is 10.0. The minimum atomic E-state index is -2.90. The van der Waals surface area contributed by atoms with Gasteiger partial charge < -0.3 is 0 Å². The van der Waals surface area contributed by atoms with Crippen LogP contribution in [0.4, 0.5) is 8.78 Å². The van der Waals surface area contributed by atoms with E-state index in [0.717, 1.165) is 6.92 Å². The van der Waals surface area contributed by atoms with E-state index in [1.807, 2.05) is 6.07 Å². The van der Waals surface area contributed by atoms with Gasteiger partial charge in [0.15, 0.2) is 5.78 Å². The van der Waals surface area contributed by atoms with Crippen molar-refractivity contribution in [3.63, 3.8) is 0 Å². The largest absolute Gasteiger partial charge is 0.298 e. The quantitative estimate of drug-likeness (QED) is 0.705. The van der Waals surface area contributed by atoms with E-state index < -0.39 is 5.92 Å². The van der Waals surface area contributed by atoms with E-state index in [-0.39, 0.29) is 17.9 Å². The highest BCUT2D eigenvalue weighted by atomic mass is 19.3. The highest BCUT2D eigenvalue weighted by Gasteiger charge is 2.24. The number of halogens is 2. The van der Waals surface area contributed by atoms with Gasteiger partial charge in [0.05, 0.1) is 11.7 Å². The lowest BCUT2D eigenvalue weighted by molar-refractivity contribution is -0.119. The maximum absolute atomic E-state index is 13.5. The van der Waals surface area contributed by atoms with Crippen LogP contribution in [0, 0.1) is 0 Å². The monoisotopic (exact) mass is 329 g/mol. The number of hydrogen-bond acceptors (Lipinski definition) is 3. The van der Waals surface area contributed by atoms with Gasteiger partial charge in [-0.2, -0.15) is 5.10 Å². The molecule has 2 aromatic heterocycles. The minimum absolute atomic E-state index is 0.0465. The summed E-state index contributed by atoms with van der Waals surface area (Å²) in [5, 5.41) is 4.19. The van der Waals surface area contributed by atoms with Crippen LogP contribution in [0.15, 0.2) is 42.7 Å². The van der Waals surface area contributed by atoms with Crippen molar-refractivity contribution >= 4 is 16.8 Å². The molecular formula is C18H17F2N3O. The first-order valence-corrected chi connectivity index (χ1v) is 7.70. The summed E-state index contributed by atoms with van der Waals surface area (Å²) in [5.41, 5.74) is 2.69. The number of nitrogens with zero attached hydrogens (tertiary/aromatic N) is 3. The molecule has 0 aliphatic heterocycles. The summed E-state index contributed by atoms with van der Waals surface area (Å²) in [6.45, 7) is 2.85. The van der Waals surface area contributed by atoms with Crippen molar-refractivity contribution in [2.45, 2.75) is 32.7 Å². The van der Waals surface area contributed by atoms with E-state index in [9.17, 15) is 13.6 Å². The van der Waals surface area contributed by atoms with E-state index >= 15 is 0 Å². The van der Waals surface area contributed by atoms with Crippen LogP contribution in [-0.2, 0) is 17.3 Å². The molecule has 3 aromatic rings. The summed E-state index contributed by atoms with van der Waals surface area (Å²) in [6.07, 6.45) is 3.66. The second-order valence-electron chi connectivity index (χ2n) is 5.79. The molecular weight excluding hydrogens is 312 g/mol. The Hall–Kier alpha value is -2.63. The number of aromatic nitrogens is 3. The summed E-state index contributed by atoms with van der Waals surface area (Å²) in [4.78, 5) is 16.0. The number of Topliss-reactive ketones (excluding diaryl/α,β-unsaturated/α-hetero) is 1. The minimum Gasteiger partial charge on any atom is -0.298 e. The zero-order valence-electron chi connectivity index (χ0n) is 13.5. The van der Waals surface area contributed by atoms with Gasteiger partial charge in [0, 0.05) is 30.7 Å². The van der Waals surface area contributed by atoms with Crippen molar-refractivity contribution in [3.05, 3.63) is 48.3 Å². The zero-order chi connectivity index (χ0) is 17.3. The van der Waals surface area contributed by atoms with Crippen LogP contribution in [0.2, 0.25) is 0 Å². The SMILES string of the molecule is CCC(=O)Cn1ncc2ncc(-c3cccc(C(C)(F)F)c3)cc21. The number of alkyl halides is 2. The molecule has 6 heteroatoms. The van der Waals surface area contributed by atoms with Gasteiger partial charge in [-0.15, -0.1) is 0 Å². The first kappa shape index (κ1) is 16.2. The Morgan fingerprint density at radius 1 is 1.21 bits per heavy atom. The van der Waals surface area contributed by atoms with Crippen LogP contribution in [0.5, 0.6) is 0 Å². The summed E-state index contributed by atoms with van der Waals surface area (Å²) in [6, 6.07) is 8.05. The highest BCUT2D eigenvalue weighted by molar-refractivity contribution is 5.83. The predicted molar refractivity (Wildman–Crippen MR) is 87.8 cm³/mol. The first-order chi connectivity index (χ1) is 11.4. The Morgan fingerprint density at radius 3 is 2.71 bits per heavy atom. The number of pyridine rings is 1. The molecule has 0 saturated heterocycles. The van der Waals surface area contributed by atoms with Crippen molar-refractivity contribution < 1.29 is 13.6 Å². The zero-order valence-corrected chi connectivity index (χ0v) is 13.5. The summed E-state index contributed by atoms with van der Waals surface area (Å²) in [7, 11) is 0. The van der Waals surface area contributed by atoms with Gasteiger partial charge in [0.1, 0.15) is 12.1 Å². The molecule has 0 aliphatic carbocycles. The fraction of sp³-hybridized carbons (Fsp3) is 0.278. The van der Waals surface area contributed by atoms with Gasteiger partial charge in [-0.05, 0) is 17.7 Å². The van der Waals surface area contributed by atoms with Crippen molar-refractivity contribution in [2.24, 2.45) is 0 Å². The van der Waals surface area contributed by atoms with E-state index in [2.05, 4.69) is 10.1 Å². The average molecular weight is 329 g/mol. The van der Waals surface area contributed by atoms with E-state index in [4.69, 9.17) is 0 Å². The molecule has 24 heavy (non-hydrogen) atoms. The molecule has 0 unspecified atom stereocenters. The third-order valence-electron chi connectivity index (χ3n) is 3.92. The molecule has 0 N–H and O–H groups in total. The smallest absolute Gasteiger partial charge is 0.270 e. The summed E-state index contributed by atoms with van der Waals surface area (Å²) in [5.74, 6) is -2.83.